The summed E-state index contributed by atoms with van der Waals surface area (Å²) in [5, 5.41) is 4.38. The van der Waals surface area contributed by atoms with Gasteiger partial charge in [0.05, 0.1) is 5.71 Å². The maximum absolute atomic E-state index is 11.8. The average Bonchev–Trinajstić information content (AvgIpc) is 2.62. The molecule has 2 aromatic rings. The van der Waals surface area contributed by atoms with E-state index in [4.69, 9.17) is 25.9 Å². The SMILES string of the molecule is CCC(C)=NOC(=O)C(C)Oc1ccc(Oc2ccc(Cl)cc2)cc1. The molecule has 0 spiro atoms. The van der Waals surface area contributed by atoms with Crippen molar-refractivity contribution in [3.05, 3.63) is 53.6 Å². The van der Waals surface area contributed by atoms with Gasteiger partial charge in [0.1, 0.15) is 17.2 Å². The van der Waals surface area contributed by atoms with Gasteiger partial charge in [-0.1, -0.05) is 23.7 Å². The first kappa shape index (κ1) is 18.8. The number of rotatable bonds is 7. The highest BCUT2D eigenvalue weighted by Crippen LogP contribution is 2.25. The van der Waals surface area contributed by atoms with Gasteiger partial charge in [-0.15, -0.1) is 0 Å². The molecular formula is C19H20ClNO4. The Kier molecular flexibility index (Phi) is 6.83. The Morgan fingerprint density at radius 2 is 1.56 bits per heavy atom. The van der Waals surface area contributed by atoms with Gasteiger partial charge in [-0.25, -0.2) is 4.79 Å². The molecule has 0 saturated carbocycles. The first-order chi connectivity index (χ1) is 12.0. The van der Waals surface area contributed by atoms with Gasteiger partial charge in [0.25, 0.3) is 0 Å². The lowest BCUT2D eigenvalue weighted by Gasteiger charge is -2.12. The number of hydrogen-bond acceptors (Lipinski definition) is 5. The van der Waals surface area contributed by atoms with E-state index in [2.05, 4.69) is 5.16 Å². The Labute approximate surface area is 152 Å². The van der Waals surface area contributed by atoms with Crippen molar-refractivity contribution in [1.82, 2.24) is 0 Å². The zero-order valence-corrected chi connectivity index (χ0v) is 15.1. The van der Waals surface area contributed by atoms with Crippen LogP contribution in [0.5, 0.6) is 17.2 Å². The summed E-state index contributed by atoms with van der Waals surface area (Å²) in [6.45, 7) is 5.33. The van der Waals surface area contributed by atoms with Crippen LogP contribution in [0.15, 0.2) is 53.7 Å². The highest BCUT2D eigenvalue weighted by Gasteiger charge is 2.17. The molecule has 0 aliphatic rings. The second kappa shape index (κ2) is 9.08. The van der Waals surface area contributed by atoms with Crippen molar-refractivity contribution in [3.63, 3.8) is 0 Å². The van der Waals surface area contributed by atoms with Crippen molar-refractivity contribution in [3.8, 4) is 17.2 Å². The Bertz CT molecular complexity index is 726. The van der Waals surface area contributed by atoms with Gasteiger partial charge in [0.2, 0.25) is 0 Å². The smallest absolute Gasteiger partial charge is 0.374 e. The van der Waals surface area contributed by atoms with Crippen LogP contribution in [0.4, 0.5) is 0 Å². The number of oxime groups is 1. The predicted octanol–water partition coefficient (Wildman–Crippen LogP) is 5.23. The highest BCUT2D eigenvalue weighted by atomic mass is 35.5. The van der Waals surface area contributed by atoms with E-state index in [1.165, 1.54) is 0 Å². The minimum absolute atomic E-state index is 0.532. The third-order valence-electron chi connectivity index (χ3n) is 3.32. The molecular weight excluding hydrogens is 342 g/mol. The molecule has 0 fully saturated rings. The normalized spacial score (nSPS) is 12.4. The van der Waals surface area contributed by atoms with Crippen LogP contribution in [0.2, 0.25) is 5.02 Å². The second-order valence-electron chi connectivity index (χ2n) is 5.38. The molecule has 5 nitrogen and oxygen atoms in total. The maximum atomic E-state index is 11.8. The lowest BCUT2D eigenvalue weighted by molar-refractivity contribution is -0.151. The van der Waals surface area contributed by atoms with E-state index in [1.807, 2.05) is 6.92 Å². The summed E-state index contributed by atoms with van der Waals surface area (Å²) in [6, 6.07) is 14.0. The van der Waals surface area contributed by atoms with Crippen LogP contribution in [-0.2, 0) is 9.63 Å². The molecule has 2 aromatic carbocycles. The van der Waals surface area contributed by atoms with E-state index in [9.17, 15) is 4.79 Å². The van der Waals surface area contributed by atoms with E-state index < -0.39 is 12.1 Å². The van der Waals surface area contributed by atoms with E-state index in [0.717, 1.165) is 12.1 Å². The van der Waals surface area contributed by atoms with Crippen molar-refractivity contribution in [1.29, 1.82) is 0 Å². The fourth-order valence-corrected chi connectivity index (χ4v) is 1.86. The number of benzene rings is 2. The van der Waals surface area contributed by atoms with E-state index in [-0.39, 0.29) is 0 Å². The third kappa shape index (κ3) is 6.12. The molecule has 0 N–H and O–H groups in total. The summed E-state index contributed by atoms with van der Waals surface area (Å²) in [5.41, 5.74) is 0.740. The van der Waals surface area contributed by atoms with Gasteiger partial charge in [-0.05, 0) is 68.8 Å². The monoisotopic (exact) mass is 361 g/mol. The standard InChI is InChI=1S/C19H20ClNO4/c1-4-13(2)21-25-19(22)14(3)23-16-9-11-18(12-10-16)24-17-7-5-15(20)6-8-17/h5-12,14H,4H2,1-3H3. The summed E-state index contributed by atoms with van der Waals surface area (Å²) in [6.07, 6.45) is -0.0473. The molecule has 0 aliphatic heterocycles. The van der Waals surface area contributed by atoms with Crippen LogP contribution in [0.1, 0.15) is 27.2 Å². The first-order valence-electron chi connectivity index (χ1n) is 7.92. The largest absolute Gasteiger partial charge is 0.479 e. The van der Waals surface area contributed by atoms with E-state index >= 15 is 0 Å². The van der Waals surface area contributed by atoms with Gasteiger partial charge in [0.15, 0.2) is 6.10 Å². The zero-order chi connectivity index (χ0) is 18.2. The van der Waals surface area contributed by atoms with Crippen LogP contribution >= 0.6 is 11.6 Å². The third-order valence-corrected chi connectivity index (χ3v) is 3.57. The average molecular weight is 362 g/mol. The Balaban J connectivity index is 1.91. The van der Waals surface area contributed by atoms with Crippen LogP contribution in [0, 0.1) is 0 Å². The molecule has 0 bridgehead atoms. The minimum Gasteiger partial charge on any atom is -0.479 e. The van der Waals surface area contributed by atoms with Crippen LogP contribution in [-0.4, -0.2) is 17.8 Å². The number of halogens is 1. The minimum atomic E-state index is -0.767. The molecule has 0 aliphatic carbocycles. The van der Waals surface area contributed by atoms with Gasteiger partial charge in [0, 0.05) is 5.02 Å². The summed E-state index contributed by atoms with van der Waals surface area (Å²) in [7, 11) is 0. The van der Waals surface area contributed by atoms with Crippen molar-refractivity contribution in [2.45, 2.75) is 33.3 Å². The van der Waals surface area contributed by atoms with Crippen LogP contribution in [0.3, 0.4) is 0 Å². The highest BCUT2D eigenvalue weighted by molar-refractivity contribution is 6.30. The number of hydrogen-bond donors (Lipinski definition) is 0. The number of nitrogens with zero attached hydrogens (tertiary/aromatic N) is 1. The molecule has 2 rings (SSSR count). The molecule has 0 aromatic heterocycles. The van der Waals surface area contributed by atoms with Crippen molar-refractivity contribution >= 4 is 23.3 Å². The summed E-state index contributed by atoms with van der Waals surface area (Å²) < 4.78 is 11.2. The summed E-state index contributed by atoms with van der Waals surface area (Å²) in [5.74, 6) is 1.31. The van der Waals surface area contributed by atoms with Crippen LogP contribution < -0.4 is 9.47 Å². The van der Waals surface area contributed by atoms with Gasteiger partial charge < -0.3 is 14.3 Å². The van der Waals surface area contributed by atoms with Gasteiger partial charge in [-0.2, -0.15) is 0 Å². The Morgan fingerprint density at radius 1 is 1.04 bits per heavy atom. The van der Waals surface area contributed by atoms with Crippen molar-refractivity contribution < 1.29 is 19.1 Å². The molecule has 1 atom stereocenters. The van der Waals surface area contributed by atoms with Crippen molar-refractivity contribution in [2.24, 2.45) is 5.16 Å². The topological polar surface area (TPSA) is 57.1 Å². The first-order valence-corrected chi connectivity index (χ1v) is 8.30. The molecule has 0 radical (unpaired) electrons. The van der Waals surface area contributed by atoms with E-state index in [1.54, 1.807) is 62.4 Å². The molecule has 132 valence electrons. The van der Waals surface area contributed by atoms with Gasteiger partial charge >= 0.3 is 5.97 Å². The van der Waals surface area contributed by atoms with Gasteiger partial charge in [-0.3, -0.25) is 0 Å². The van der Waals surface area contributed by atoms with Crippen LogP contribution in [0.25, 0.3) is 0 Å². The zero-order valence-electron chi connectivity index (χ0n) is 14.4. The Morgan fingerprint density at radius 3 is 2.12 bits per heavy atom. The fraction of sp³-hybridized carbons (Fsp3) is 0.263. The molecule has 25 heavy (non-hydrogen) atoms. The molecule has 6 heteroatoms. The summed E-state index contributed by atoms with van der Waals surface area (Å²) >= 11 is 5.84. The molecule has 0 heterocycles. The lowest BCUT2D eigenvalue weighted by atomic mass is 10.3. The molecule has 0 amide bonds. The number of carbonyl (C=O) groups is 1. The number of ether oxygens (including phenoxy) is 2. The Hall–Kier alpha value is -2.53. The molecule has 0 saturated heterocycles. The summed E-state index contributed by atoms with van der Waals surface area (Å²) in [4.78, 5) is 16.6. The number of carbonyl (C=O) groups excluding carboxylic acids is 1. The quantitative estimate of drug-likeness (QED) is 0.385. The molecule has 1 unspecified atom stereocenters. The second-order valence-corrected chi connectivity index (χ2v) is 5.81. The fourth-order valence-electron chi connectivity index (χ4n) is 1.74. The predicted molar refractivity (Wildman–Crippen MR) is 97.6 cm³/mol. The van der Waals surface area contributed by atoms with Crippen molar-refractivity contribution in [2.75, 3.05) is 0 Å². The maximum Gasteiger partial charge on any atom is 0.374 e. The lowest BCUT2D eigenvalue weighted by Crippen LogP contribution is -2.25. The van der Waals surface area contributed by atoms with E-state index in [0.29, 0.717) is 22.3 Å².